The number of anilines is 1. The third-order valence-electron chi connectivity index (χ3n) is 3.96. The monoisotopic (exact) mass is 414 g/mol. The molecule has 4 aromatic rings. The molecule has 0 atom stereocenters. The fraction of sp³-hybridized carbons (Fsp3) is 0.0526. The van der Waals surface area contributed by atoms with Crippen molar-refractivity contribution < 1.29 is 13.2 Å². The number of aromatic nitrogens is 1. The number of nitrogens with zero attached hydrogens (tertiary/aromatic N) is 1. The van der Waals surface area contributed by atoms with E-state index in [1.54, 1.807) is 11.3 Å². The maximum absolute atomic E-state index is 12.6. The fourth-order valence-corrected chi connectivity index (χ4v) is 5.07. The van der Waals surface area contributed by atoms with Gasteiger partial charge in [-0.1, -0.05) is 12.1 Å². The molecule has 8 heteroatoms. The first-order valence-corrected chi connectivity index (χ1v) is 11.6. The molecule has 0 spiro atoms. The van der Waals surface area contributed by atoms with Gasteiger partial charge in [-0.25, -0.2) is 13.4 Å². The Morgan fingerprint density at radius 1 is 1.04 bits per heavy atom. The van der Waals surface area contributed by atoms with Crippen molar-refractivity contribution in [2.75, 3.05) is 11.6 Å². The van der Waals surface area contributed by atoms with E-state index in [0.29, 0.717) is 10.6 Å². The number of carbonyl (C=O) groups excluding carboxylic acids is 1. The summed E-state index contributed by atoms with van der Waals surface area (Å²) in [7, 11) is -3.29. The maximum atomic E-state index is 12.6. The van der Waals surface area contributed by atoms with Crippen molar-refractivity contribution in [3.05, 3.63) is 65.5 Å². The Hall–Kier alpha value is -2.55. The predicted octanol–water partition coefficient (Wildman–Crippen LogP) is 4.68. The quantitative estimate of drug-likeness (QED) is 0.526. The topological polar surface area (TPSA) is 76.1 Å². The minimum Gasteiger partial charge on any atom is -0.313 e. The van der Waals surface area contributed by atoms with Crippen LogP contribution < -0.4 is 5.32 Å². The average molecular weight is 415 g/mol. The Bertz CT molecular complexity index is 1210. The Labute approximate surface area is 164 Å². The van der Waals surface area contributed by atoms with Crippen LogP contribution in [0.4, 0.5) is 5.00 Å². The van der Waals surface area contributed by atoms with E-state index in [2.05, 4.69) is 10.3 Å². The Balaban J connectivity index is 1.60. The molecule has 0 radical (unpaired) electrons. The molecule has 0 unspecified atom stereocenters. The summed E-state index contributed by atoms with van der Waals surface area (Å²) in [5.74, 6) is -0.292. The van der Waals surface area contributed by atoms with Crippen LogP contribution in [0.2, 0.25) is 0 Å². The molecule has 0 aliphatic heterocycles. The van der Waals surface area contributed by atoms with E-state index < -0.39 is 9.84 Å². The smallest absolute Gasteiger partial charge is 0.256 e. The highest BCUT2D eigenvalue weighted by Gasteiger charge is 2.16. The molecule has 2 aromatic carbocycles. The van der Waals surface area contributed by atoms with Crippen molar-refractivity contribution in [1.82, 2.24) is 4.98 Å². The number of hydrogen-bond acceptors (Lipinski definition) is 6. The third kappa shape index (κ3) is 3.64. The minimum absolute atomic E-state index is 0.185. The normalized spacial score (nSPS) is 11.6. The number of benzene rings is 2. The van der Waals surface area contributed by atoms with Crippen LogP contribution in [0.3, 0.4) is 0 Å². The van der Waals surface area contributed by atoms with Gasteiger partial charge in [-0.3, -0.25) is 4.79 Å². The van der Waals surface area contributed by atoms with Crippen LogP contribution in [0.15, 0.2) is 64.9 Å². The van der Waals surface area contributed by atoms with E-state index in [9.17, 15) is 13.2 Å². The summed E-state index contributed by atoms with van der Waals surface area (Å²) in [4.78, 5) is 17.4. The van der Waals surface area contributed by atoms with Crippen LogP contribution in [0.1, 0.15) is 10.4 Å². The molecular weight excluding hydrogens is 400 g/mol. The van der Waals surface area contributed by atoms with Gasteiger partial charge < -0.3 is 5.32 Å². The van der Waals surface area contributed by atoms with Gasteiger partial charge in [0, 0.05) is 17.4 Å². The molecule has 0 bridgehead atoms. The summed E-state index contributed by atoms with van der Waals surface area (Å²) in [6, 6.07) is 15.7. The molecule has 5 nitrogen and oxygen atoms in total. The lowest BCUT2D eigenvalue weighted by Crippen LogP contribution is -2.11. The van der Waals surface area contributed by atoms with E-state index in [1.807, 2.05) is 35.7 Å². The Morgan fingerprint density at radius 2 is 1.78 bits per heavy atom. The maximum Gasteiger partial charge on any atom is 0.256 e. The summed E-state index contributed by atoms with van der Waals surface area (Å²) in [5.41, 5.74) is 2.20. The van der Waals surface area contributed by atoms with Gasteiger partial charge in [0.05, 0.1) is 15.1 Å². The van der Waals surface area contributed by atoms with Crippen LogP contribution in [-0.4, -0.2) is 25.6 Å². The van der Waals surface area contributed by atoms with E-state index in [0.717, 1.165) is 27.0 Å². The third-order valence-corrected chi connectivity index (χ3v) is 6.99. The second-order valence-corrected chi connectivity index (χ2v) is 9.86. The van der Waals surface area contributed by atoms with Crippen molar-refractivity contribution in [2.24, 2.45) is 0 Å². The van der Waals surface area contributed by atoms with Crippen LogP contribution in [0.5, 0.6) is 0 Å². The number of hydrogen-bond donors (Lipinski definition) is 1. The second-order valence-electron chi connectivity index (χ2n) is 5.90. The van der Waals surface area contributed by atoms with E-state index in [1.165, 1.54) is 35.6 Å². The van der Waals surface area contributed by atoms with Gasteiger partial charge in [0.15, 0.2) is 9.84 Å². The van der Waals surface area contributed by atoms with Crippen LogP contribution >= 0.6 is 22.7 Å². The van der Waals surface area contributed by atoms with Gasteiger partial charge in [0.25, 0.3) is 5.91 Å². The molecule has 0 saturated carbocycles. The number of rotatable bonds is 4. The number of thiazole rings is 1. The standard InChI is InChI=1S/C19H14N2O3S3/c1-27(23,24)13-8-6-12(7-9-13)17(22)21-18-14(10-11-25-18)19-20-15-4-2-3-5-16(15)26-19/h2-11H,1H3,(H,21,22). The molecule has 0 aliphatic carbocycles. The first kappa shape index (κ1) is 17.8. The largest absolute Gasteiger partial charge is 0.313 e. The number of sulfone groups is 1. The summed E-state index contributed by atoms with van der Waals surface area (Å²) in [6.07, 6.45) is 1.14. The molecule has 0 fully saturated rings. The number of thiophene rings is 1. The molecule has 1 amide bonds. The first-order valence-electron chi connectivity index (χ1n) is 7.97. The second kappa shape index (κ2) is 6.88. The lowest BCUT2D eigenvalue weighted by Gasteiger charge is -2.06. The molecule has 0 aliphatic rings. The summed E-state index contributed by atoms with van der Waals surface area (Å²) >= 11 is 3.00. The van der Waals surface area contributed by atoms with E-state index in [-0.39, 0.29) is 10.8 Å². The highest BCUT2D eigenvalue weighted by atomic mass is 32.2. The molecule has 1 N–H and O–H groups in total. The van der Waals surface area contributed by atoms with Crippen LogP contribution in [0, 0.1) is 0 Å². The molecule has 4 rings (SSSR count). The zero-order chi connectivity index (χ0) is 19.0. The van der Waals surface area contributed by atoms with Crippen molar-refractivity contribution in [3.8, 4) is 10.6 Å². The van der Waals surface area contributed by atoms with Gasteiger partial charge in [-0.05, 0) is 47.8 Å². The molecule has 0 saturated heterocycles. The number of amides is 1. The van der Waals surface area contributed by atoms with Crippen LogP contribution in [0.25, 0.3) is 20.8 Å². The van der Waals surface area contributed by atoms with Gasteiger partial charge in [-0.15, -0.1) is 22.7 Å². The number of fused-ring (bicyclic) bond motifs is 1. The van der Waals surface area contributed by atoms with Crippen molar-refractivity contribution in [2.45, 2.75) is 4.90 Å². The molecule has 2 aromatic heterocycles. The minimum atomic E-state index is -3.29. The highest BCUT2D eigenvalue weighted by Crippen LogP contribution is 2.37. The summed E-state index contributed by atoms with van der Waals surface area (Å²) < 4.78 is 24.2. The average Bonchev–Trinajstić information content (AvgIpc) is 3.27. The number of nitrogens with one attached hydrogen (secondary N) is 1. The molecular formula is C19H14N2O3S3. The number of carbonyl (C=O) groups is 1. The predicted molar refractivity (Wildman–Crippen MR) is 110 cm³/mol. The van der Waals surface area contributed by atoms with E-state index >= 15 is 0 Å². The molecule has 27 heavy (non-hydrogen) atoms. The zero-order valence-corrected chi connectivity index (χ0v) is 16.6. The SMILES string of the molecule is CS(=O)(=O)c1ccc(C(=O)Nc2sccc2-c2nc3ccccc3s2)cc1. The van der Waals surface area contributed by atoms with Gasteiger partial charge in [0.1, 0.15) is 10.0 Å². The van der Waals surface area contributed by atoms with Crippen molar-refractivity contribution in [1.29, 1.82) is 0 Å². The fourth-order valence-electron chi connectivity index (χ4n) is 2.59. The highest BCUT2D eigenvalue weighted by molar-refractivity contribution is 7.90. The van der Waals surface area contributed by atoms with E-state index in [4.69, 9.17) is 0 Å². The Kier molecular flexibility index (Phi) is 4.55. The van der Waals surface area contributed by atoms with Crippen molar-refractivity contribution >= 4 is 53.6 Å². The number of para-hydroxylation sites is 1. The molecule has 136 valence electrons. The van der Waals surface area contributed by atoms with Crippen LogP contribution in [-0.2, 0) is 9.84 Å². The summed E-state index contributed by atoms with van der Waals surface area (Å²) in [5, 5.41) is 6.37. The lowest BCUT2D eigenvalue weighted by atomic mass is 10.2. The lowest BCUT2D eigenvalue weighted by molar-refractivity contribution is 0.102. The van der Waals surface area contributed by atoms with Gasteiger partial charge in [0.2, 0.25) is 0 Å². The van der Waals surface area contributed by atoms with Gasteiger partial charge >= 0.3 is 0 Å². The Morgan fingerprint density at radius 3 is 2.48 bits per heavy atom. The zero-order valence-electron chi connectivity index (χ0n) is 14.2. The van der Waals surface area contributed by atoms with Crippen molar-refractivity contribution in [3.63, 3.8) is 0 Å². The van der Waals surface area contributed by atoms with Gasteiger partial charge in [-0.2, -0.15) is 0 Å². The summed E-state index contributed by atoms with van der Waals surface area (Å²) in [6.45, 7) is 0. The molecule has 2 heterocycles. The first-order chi connectivity index (χ1) is 12.9.